The van der Waals surface area contributed by atoms with Crippen LogP contribution >= 0.6 is 15.9 Å². The predicted molar refractivity (Wildman–Crippen MR) is 83.9 cm³/mol. The Morgan fingerprint density at radius 1 is 1.32 bits per heavy atom. The maximum absolute atomic E-state index is 12.3. The van der Waals surface area contributed by atoms with Crippen molar-refractivity contribution in [1.82, 2.24) is 0 Å². The summed E-state index contributed by atoms with van der Waals surface area (Å²) in [6.07, 6.45) is 3.43. The van der Waals surface area contributed by atoms with E-state index < -0.39 is 11.4 Å². The molecule has 0 bridgehead atoms. The van der Waals surface area contributed by atoms with E-state index in [0.717, 1.165) is 16.6 Å². The van der Waals surface area contributed by atoms with Gasteiger partial charge in [0.1, 0.15) is 21.8 Å². The summed E-state index contributed by atoms with van der Waals surface area (Å²) >= 11 is 2.35. The lowest BCUT2D eigenvalue weighted by atomic mass is 10.0. The van der Waals surface area contributed by atoms with Gasteiger partial charge in [-0.3, -0.25) is 0 Å². The van der Waals surface area contributed by atoms with Crippen LogP contribution in [0, 0.1) is 5.41 Å². The van der Waals surface area contributed by atoms with Gasteiger partial charge in [-0.15, -0.1) is 0 Å². The molecule has 0 aliphatic heterocycles. The average Bonchev–Trinajstić information content (AvgIpc) is 3.01. The van der Waals surface area contributed by atoms with Gasteiger partial charge >= 0.3 is 0 Å². The predicted octanol–water partition coefficient (Wildman–Crippen LogP) is 4.04. The Hall–Kier alpha value is -0.320. The van der Waals surface area contributed by atoms with Crippen molar-refractivity contribution < 1.29 is 4.55 Å². The second-order valence-corrected chi connectivity index (χ2v) is 9.38. The highest BCUT2D eigenvalue weighted by Gasteiger charge is 2.54. The van der Waals surface area contributed by atoms with Gasteiger partial charge in [0.25, 0.3) is 0 Å². The summed E-state index contributed by atoms with van der Waals surface area (Å²) in [6.45, 7) is 5.93. The fraction of sp³-hybridized carbons (Fsp3) is 0.533. The monoisotopic (exact) mass is 339 g/mol. The number of halogens is 1. The molecule has 1 atom stereocenters. The van der Waals surface area contributed by atoms with E-state index in [1.54, 1.807) is 0 Å². The van der Waals surface area contributed by atoms with Crippen LogP contribution in [0.15, 0.2) is 27.1 Å². The van der Waals surface area contributed by atoms with Gasteiger partial charge in [-0.2, -0.15) is 0 Å². The van der Waals surface area contributed by atoms with Crippen LogP contribution in [0.5, 0.6) is 0 Å². The summed E-state index contributed by atoms with van der Waals surface area (Å²) < 4.78 is 17.7. The fourth-order valence-corrected chi connectivity index (χ4v) is 3.68. The number of rotatable bonds is 1. The largest absolute Gasteiger partial charge is 0.591 e. The Labute approximate surface area is 126 Å². The molecule has 1 fully saturated rings. The molecule has 0 heterocycles. The molecule has 2 aliphatic carbocycles. The fourth-order valence-electron chi connectivity index (χ4n) is 2.59. The van der Waals surface area contributed by atoms with Crippen molar-refractivity contribution in [2.45, 2.75) is 44.8 Å². The molecule has 1 saturated carbocycles. The lowest BCUT2D eigenvalue weighted by molar-refractivity contribution is 0.561. The summed E-state index contributed by atoms with van der Waals surface area (Å²) in [7, 11) is 0. The first-order valence-electron chi connectivity index (χ1n) is 6.62. The van der Waals surface area contributed by atoms with Crippen LogP contribution in [0.3, 0.4) is 0 Å². The van der Waals surface area contributed by atoms with Crippen molar-refractivity contribution in [3.63, 3.8) is 0 Å². The van der Waals surface area contributed by atoms with E-state index in [1.807, 2.05) is 20.8 Å². The third-order valence-corrected chi connectivity index (χ3v) is 5.80. The van der Waals surface area contributed by atoms with Crippen LogP contribution in [-0.2, 0) is 17.8 Å². The quantitative estimate of drug-likeness (QED) is 0.711. The molecule has 102 valence electrons. The van der Waals surface area contributed by atoms with Crippen molar-refractivity contribution in [2.24, 2.45) is 9.81 Å². The lowest BCUT2D eigenvalue weighted by Gasteiger charge is -2.20. The molecular weight excluding hydrogens is 322 g/mol. The summed E-state index contributed by atoms with van der Waals surface area (Å²) in [5.41, 5.74) is 3.83. The number of hydrogen-bond donors (Lipinski definition) is 0. The Kier molecular flexibility index (Phi) is 3.12. The summed E-state index contributed by atoms with van der Waals surface area (Å²) in [6, 6.07) is 6.38. The van der Waals surface area contributed by atoms with Gasteiger partial charge in [0, 0.05) is 15.5 Å². The highest BCUT2D eigenvalue weighted by Crippen LogP contribution is 2.56. The standard InChI is InChI=1S/C15H18BrNOS/c1-14(2,3)19(18)17-13-12-8-11(16)5-4-10(12)9-15(13)6-7-15/h4-5,8H,6-7,9H2,1-3H3. The Morgan fingerprint density at radius 2 is 2.00 bits per heavy atom. The Bertz CT molecular complexity index is 558. The minimum absolute atomic E-state index is 0.198. The van der Waals surface area contributed by atoms with E-state index in [-0.39, 0.29) is 10.2 Å². The maximum atomic E-state index is 12.3. The van der Waals surface area contributed by atoms with Crippen molar-refractivity contribution in [2.75, 3.05) is 0 Å². The van der Waals surface area contributed by atoms with E-state index in [2.05, 4.69) is 38.5 Å². The molecule has 0 amide bonds. The molecule has 4 heteroatoms. The van der Waals surface area contributed by atoms with E-state index in [0.29, 0.717) is 0 Å². The van der Waals surface area contributed by atoms with Crippen molar-refractivity contribution in [3.05, 3.63) is 33.8 Å². The van der Waals surface area contributed by atoms with Crippen LogP contribution in [0.25, 0.3) is 0 Å². The molecule has 0 N–H and O–H groups in total. The number of benzene rings is 1. The van der Waals surface area contributed by atoms with E-state index in [1.165, 1.54) is 24.0 Å². The zero-order chi connectivity index (χ0) is 13.8. The minimum atomic E-state index is -1.17. The number of nitrogens with zero attached hydrogens (tertiary/aromatic N) is 1. The first-order chi connectivity index (χ1) is 8.82. The molecule has 1 spiro atoms. The van der Waals surface area contributed by atoms with Gasteiger partial charge in [-0.05, 0) is 57.7 Å². The maximum Gasteiger partial charge on any atom is 0.144 e. The highest BCUT2D eigenvalue weighted by molar-refractivity contribution is 9.10. The van der Waals surface area contributed by atoms with Crippen LogP contribution < -0.4 is 0 Å². The first kappa shape index (κ1) is 13.7. The summed E-state index contributed by atoms with van der Waals surface area (Å²) in [4.78, 5) is 0. The molecule has 1 aromatic carbocycles. The van der Waals surface area contributed by atoms with Crippen LogP contribution in [0.1, 0.15) is 44.7 Å². The molecular formula is C15H18BrNOS. The SMILES string of the molecule is CC(C)(C)[S+]([O-])N=C1c2cc(Br)ccc2CC12CC2. The zero-order valence-electron chi connectivity index (χ0n) is 11.5. The minimum Gasteiger partial charge on any atom is -0.591 e. The Balaban J connectivity index is 2.05. The summed E-state index contributed by atoms with van der Waals surface area (Å²) in [5.74, 6) is 0. The number of hydrogen-bond acceptors (Lipinski definition) is 2. The second-order valence-electron chi connectivity index (χ2n) is 6.56. The molecule has 2 nitrogen and oxygen atoms in total. The third-order valence-electron chi connectivity index (χ3n) is 3.91. The lowest BCUT2D eigenvalue weighted by Crippen LogP contribution is -2.28. The van der Waals surface area contributed by atoms with Crippen LogP contribution in [0.4, 0.5) is 0 Å². The smallest absolute Gasteiger partial charge is 0.144 e. The Morgan fingerprint density at radius 3 is 2.58 bits per heavy atom. The van der Waals surface area contributed by atoms with Gasteiger partial charge in [0.05, 0.1) is 0 Å². The normalized spacial score (nSPS) is 23.7. The molecule has 0 radical (unpaired) electrons. The van der Waals surface area contributed by atoms with Crippen molar-refractivity contribution >= 4 is 33.0 Å². The van der Waals surface area contributed by atoms with Gasteiger partial charge < -0.3 is 4.55 Å². The molecule has 0 saturated heterocycles. The highest BCUT2D eigenvalue weighted by atomic mass is 79.9. The third kappa shape index (κ3) is 2.39. The van der Waals surface area contributed by atoms with Crippen molar-refractivity contribution in [1.29, 1.82) is 0 Å². The van der Waals surface area contributed by atoms with E-state index in [4.69, 9.17) is 0 Å². The first-order valence-corrected chi connectivity index (χ1v) is 8.52. The van der Waals surface area contributed by atoms with Crippen molar-refractivity contribution in [3.8, 4) is 0 Å². The molecule has 1 unspecified atom stereocenters. The van der Waals surface area contributed by atoms with Gasteiger partial charge in [0.15, 0.2) is 0 Å². The van der Waals surface area contributed by atoms with Crippen LogP contribution in [0.2, 0.25) is 0 Å². The van der Waals surface area contributed by atoms with Crippen LogP contribution in [-0.4, -0.2) is 15.0 Å². The molecule has 0 aromatic heterocycles. The average molecular weight is 340 g/mol. The van der Waals surface area contributed by atoms with E-state index >= 15 is 0 Å². The van der Waals surface area contributed by atoms with E-state index in [9.17, 15) is 4.55 Å². The molecule has 1 aromatic rings. The van der Waals surface area contributed by atoms with Gasteiger partial charge in [-0.1, -0.05) is 26.4 Å². The molecule has 19 heavy (non-hydrogen) atoms. The number of fused-ring (bicyclic) bond motifs is 1. The molecule has 2 aliphatic rings. The topological polar surface area (TPSA) is 35.4 Å². The van der Waals surface area contributed by atoms with Gasteiger partial charge in [0.2, 0.25) is 0 Å². The zero-order valence-corrected chi connectivity index (χ0v) is 13.9. The second kappa shape index (κ2) is 4.34. The van der Waals surface area contributed by atoms with Gasteiger partial charge in [-0.25, -0.2) is 0 Å². The molecule has 3 rings (SSSR count). The summed E-state index contributed by atoms with van der Waals surface area (Å²) in [5, 5.41) is 0.